The van der Waals surface area contributed by atoms with Gasteiger partial charge in [0.1, 0.15) is 5.69 Å². The number of hydrogen-bond donors (Lipinski definition) is 1. The van der Waals surface area contributed by atoms with Crippen molar-refractivity contribution in [2.24, 2.45) is 5.41 Å². The van der Waals surface area contributed by atoms with Gasteiger partial charge in [-0.05, 0) is 46.1 Å². The van der Waals surface area contributed by atoms with Crippen LogP contribution in [0.2, 0.25) is 0 Å². The van der Waals surface area contributed by atoms with E-state index in [1.165, 1.54) is 24.0 Å². The summed E-state index contributed by atoms with van der Waals surface area (Å²) in [5.41, 5.74) is 2.77. The van der Waals surface area contributed by atoms with Crippen molar-refractivity contribution in [1.82, 2.24) is 9.97 Å². The summed E-state index contributed by atoms with van der Waals surface area (Å²) in [6.45, 7) is 8.96. The maximum absolute atomic E-state index is 13.1. The fourth-order valence-electron chi connectivity index (χ4n) is 4.67. The Morgan fingerprint density at radius 1 is 1.17 bits per heavy atom. The van der Waals surface area contributed by atoms with Crippen molar-refractivity contribution in [3.8, 4) is 0 Å². The van der Waals surface area contributed by atoms with Gasteiger partial charge in [-0.1, -0.05) is 42.7 Å². The normalized spacial score (nSPS) is 20.1. The monoisotopic (exact) mass is 407 g/mol. The summed E-state index contributed by atoms with van der Waals surface area (Å²) in [7, 11) is 1.84. The first kappa shape index (κ1) is 20.6. The molecule has 0 spiro atoms. The van der Waals surface area contributed by atoms with Crippen LogP contribution in [0.5, 0.6) is 0 Å². The second-order valence-corrected chi connectivity index (χ2v) is 9.49. The lowest BCUT2D eigenvalue weighted by Crippen LogP contribution is -2.45. The number of hydrogen-bond acceptors (Lipinski definition) is 5. The quantitative estimate of drug-likeness (QED) is 0.795. The first-order valence-corrected chi connectivity index (χ1v) is 11.0. The summed E-state index contributed by atoms with van der Waals surface area (Å²) in [4.78, 5) is 26.7. The van der Waals surface area contributed by atoms with Crippen molar-refractivity contribution < 1.29 is 4.79 Å². The molecule has 1 aromatic carbocycles. The number of anilines is 3. The fraction of sp³-hybridized carbons (Fsp3) is 0.542. The molecule has 1 saturated carbocycles. The van der Waals surface area contributed by atoms with Crippen LogP contribution in [0.25, 0.3) is 0 Å². The number of amides is 1. The van der Waals surface area contributed by atoms with Gasteiger partial charge in [0.05, 0.1) is 17.7 Å². The third-order valence-electron chi connectivity index (χ3n) is 6.52. The van der Waals surface area contributed by atoms with E-state index in [2.05, 4.69) is 53.3 Å². The molecular formula is C24H33N5O. The van der Waals surface area contributed by atoms with Gasteiger partial charge in [-0.2, -0.15) is 4.98 Å². The molecule has 2 aromatic rings. The molecule has 1 aromatic heterocycles. The number of carbonyl (C=O) groups is 1. The smallest absolute Gasteiger partial charge is 0.234 e. The lowest BCUT2D eigenvalue weighted by atomic mass is 9.91. The maximum atomic E-state index is 13.1. The minimum atomic E-state index is -0.471. The SMILES string of the molecule is Cc1ccc([C@H](C)Nc2ncc3c(n2)N(C2CCCC2)CC(C)(C)C(=O)N3C)cc1. The second kappa shape index (κ2) is 7.89. The number of aromatic nitrogens is 2. The third-order valence-corrected chi connectivity index (χ3v) is 6.52. The second-order valence-electron chi connectivity index (χ2n) is 9.49. The number of carbonyl (C=O) groups excluding carboxylic acids is 1. The molecule has 1 aliphatic carbocycles. The third kappa shape index (κ3) is 3.87. The predicted molar refractivity (Wildman–Crippen MR) is 122 cm³/mol. The molecule has 0 saturated heterocycles. The van der Waals surface area contributed by atoms with Crippen molar-refractivity contribution in [2.75, 3.05) is 28.7 Å². The molecule has 2 aliphatic rings. The lowest BCUT2D eigenvalue weighted by Gasteiger charge is -2.34. The number of aryl methyl sites for hydroxylation is 1. The zero-order valence-corrected chi connectivity index (χ0v) is 18.8. The summed E-state index contributed by atoms with van der Waals surface area (Å²) in [5.74, 6) is 1.59. The highest BCUT2D eigenvalue weighted by Gasteiger charge is 2.41. The van der Waals surface area contributed by atoms with Crippen molar-refractivity contribution in [3.63, 3.8) is 0 Å². The summed E-state index contributed by atoms with van der Waals surface area (Å²) in [5, 5.41) is 3.45. The van der Waals surface area contributed by atoms with Gasteiger partial charge in [0.15, 0.2) is 5.82 Å². The van der Waals surface area contributed by atoms with Gasteiger partial charge in [-0.15, -0.1) is 0 Å². The first-order chi connectivity index (χ1) is 14.3. The van der Waals surface area contributed by atoms with E-state index in [1.54, 1.807) is 11.1 Å². The molecule has 30 heavy (non-hydrogen) atoms. The maximum Gasteiger partial charge on any atom is 0.234 e. The Balaban J connectivity index is 1.68. The van der Waals surface area contributed by atoms with Gasteiger partial charge >= 0.3 is 0 Å². The van der Waals surface area contributed by atoms with E-state index >= 15 is 0 Å². The van der Waals surface area contributed by atoms with Crippen molar-refractivity contribution in [3.05, 3.63) is 41.6 Å². The van der Waals surface area contributed by atoms with Gasteiger partial charge in [0, 0.05) is 19.6 Å². The van der Waals surface area contributed by atoms with Crippen LogP contribution in [0.4, 0.5) is 17.5 Å². The summed E-state index contributed by atoms with van der Waals surface area (Å²) in [6.07, 6.45) is 6.58. The minimum Gasteiger partial charge on any atom is -0.351 e. The van der Waals surface area contributed by atoms with Gasteiger partial charge in [-0.3, -0.25) is 4.79 Å². The van der Waals surface area contributed by atoms with Crippen molar-refractivity contribution in [1.29, 1.82) is 0 Å². The Kier molecular flexibility index (Phi) is 5.43. The number of fused-ring (bicyclic) bond motifs is 1. The average Bonchev–Trinajstić information content (AvgIpc) is 3.24. The van der Waals surface area contributed by atoms with E-state index in [-0.39, 0.29) is 11.9 Å². The Hall–Kier alpha value is -2.63. The minimum absolute atomic E-state index is 0.0881. The summed E-state index contributed by atoms with van der Waals surface area (Å²) >= 11 is 0. The molecule has 1 atom stereocenters. The zero-order chi connectivity index (χ0) is 21.5. The van der Waals surface area contributed by atoms with Crippen molar-refractivity contribution >= 4 is 23.4 Å². The van der Waals surface area contributed by atoms with Crippen LogP contribution >= 0.6 is 0 Å². The van der Waals surface area contributed by atoms with E-state index < -0.39 is 5.41 Å². The molecule has 160 valence electrons. The largest absolute Gasteiger partial charge is 0.351 e. The molecule has 1 aliphatic heterocycles. The Labute approximate surface area is 179 Å². The van der Waals surface area contributed by atoms with Gasteiger partial charge in [0.25, 0.3) is 0 Å². The molecule has 6 nitrogen and oxygen atoms in total. The Morgan fingerprint density at radius 2 is 1.83 bits per heavy atom. The molecule has 1 N–H and O–H groups in total. The zero-order valence-electron chi connectivity index (χ0n) is 18.8. The van der Waals surface area contributed by atoms with E-state index in [1.807, 2.05) is 20.9 Å². The molecule has 0 unspecified atom stereocenters. The van der Waals surface area contributed by atoms with E-state index in [9.17, 15) is 4.79 Å². The topological polar surface area (TPSA) is 61.4 Å². The summed E-state index contributed by atoms with van der Waals surface area (Å²) < 4.78 is 0. The number of rotatable bonds is 4. The molecule has 0 radical (unpaired) electrons. The fourth-order valence-corrected chi connectivity index (χ4v) is 4.67. The highest BCUT2D eigenvalue weighted by molar-refractivity contribution is 6.00. The molecule has 1 fully saturated rings. The first-order valence-electron chi connectivity index (χ1n) is 11.0. The highest BCUT2D eigenvalue weighted by atomic mass is 16.2. The molecular weight excluding hydrogens is 374 g/mol. The molecule has 1 amide bonds. The van der Waals surface area contributed by atoms with E-state index in [0.29, 0.717) is 18.5 Å². The van der Waals surface area contributed by atoms with Gasteiger partial charge < -0.3 is 15.1 Å². The average molecular weight is 408 g/mol. The van der Waals surface area contributed by atoms with Crippen LogP contribution in [0, 0.1) is 12.3 Å². The van der Waals surface area contributed by atoms with Crippen molar-refractivity contribution in [2.45, 2.75) is 65.5 Å². The highest BCUT2D eigenvalue weighted by Crippen LogP contribution is 2.40. The number of benzene rings is 1. The Bertz CT molecular complexity index is 918. The van der Waals surface area contributed by atoms with E-state index in [0.717, 1.165) is 24.3 Å². The van der Waals surface area contributed by atoms with Crippen LogP contribution in [0.3, 0.4) is 0 Å². The van der Waals surface area contributed by atoms with Crippen LogP contribution in [-0.4, -0.2) is 35.5 Å². The molecule has 0 bridgehead atoms. The van der Waals surface area contributed by atoms with Crippen LogP contribution < -0.4 is 15.1 Å². The van der Waals surface area contributed by atoms with Crippen LogP contribution in [-0.2, 0) is 4.79 Å². The lowest BCUT2D eigenvalue weighted by molar-refractivity contribution is -0.125. The number of nitrogens with zero attached hydrogens (tertiary/aromatic N) is 4. The molecule has 2 heterocycles. The summed E-state index contributed by atoms with van der Waals surface area (Å²) in [6, 6.07) is 9.03. The Morgan fingerprint density at radius 3 is 2.50 bits per heavy atom. The van der Waals surface area contributed by atoms with Gasteiger partial charge in [0.2, 0.25) is 11.9 Å². The van der Waals surface area contributed by atoms with E-state index in [4.69, 9.17) is 4.98 Å². The number of nitrogens with one attached hydrogen (secondary N) is 1. The van der Waals surface area contributed by atoms with Crippen LogP contribution in [0.1, 0.15) is 63.6 Å². The van der Waals surface area contributed by atoms with Crippen LogP contribution in [0.15, 0.2) is 30.5 Å². The van der Waals surface area contributed by atoms with Gasteiger partial charge in [-0.25, -0.2) is 4.98 Å². The molecule has 6 heteroatoms. The standard InChI is InChI=1S/C24H33N5O/c1-16-10-12-18(13-11-16)17(2)26-23-25-14-20-21(27-23)29(19-8-6-7-9-19)15-24(3,4)22(30)28(20)5/h10-14,17,19H,6-9,15H2,1-5H3,(H,25,26,27)/t17-/m0/s1. The predicted octanol–water partition coefficient (Wildman–Crippen LogP) is 4.71. The molecule has 4 rings (SSSR count).